The molecule has 7 rings (SSSR count). The molecule has 358 valence electrons. The van der Waals surface area contributed by atoms with Gasteiger partial charge in [-0.2, -0.15) is 5.11 Å². The van der Waals surface area contributed by atoms with E-state index in [-0.39, 0.29) is 17.4 Å². The number of hydrogen-bond acceptors (Lipinski definition) is 12. The van der Waals surface area contributed by atoms with Gasteiger partial charge < -0.3 is 24.3 Å². The summed E-state index contributed by atoms with van der Waals surface area (Å²) in [5.41, 5.74) is 4.56. The highest BCUT2D eigenvalue weighted by Gasteiger charge is 2.41. The van der Waals surface area contributed by atoms with Crippen molar-refractivity contribution in [2.75, 3.05) is 18.5 Å². The van der Waals surface area contributed by atoms with E-state index in [1.54, 1.807) is 67.6 Å². The molecule has 0 unspecified atom stereocenters. The molecular formula is C58H59N5O7. The SMILES string of the molecule is C=C(C)C(=O)OCCCCCCOc1ccc(C(=O)Oc2ccc(CNc3ccc(/N=N/c4ccc(/N=N/c5ccc(OC(=O)C(C)(C)C(C)(C)C)cc5)c5ccccc45)c4ccccc34)cc2)cc1. The van der Waals surface area contributed by atoms with Crippen LogP contribution in [0.4, 0.5) is 28.4 Å². The molecule has 0 spiro atoms. The summed E-state index contributed by atoms with van der Waals surface area (Å²) in [7, 11) is 0. The molecule has 0 aliphatic heterocycles. The summed E-state index contributed by atoms with van der Waals surface area (Å²) in [6.07, 6.45) is 3.55. The Balaban J connectivity index is 0.917. The minimum absolute atomic E-state index is 0.262. The number of unbranched alkanes of at least 4 members (excludes halogenated alkanes) is 3. The van der Waals surface area contributed by atoms with Gasteiger partial charge in [0.1, 0.15) is 17.2 Å². The summed E-state index contributed by atoms with van der Waals surface area (Å²) in [5, 5.41) is 25.8. The van der Waals surface area contributed by atoms with Crippen LogP contribution in [0.3, 0.4) is 0 Å². The van der Waals surface area contributed by atoms with Gasteiger partial charge in [-0.1, -0.05) is 88.0 Å². The Morgan fingerprint density at radius 2 is 1.04 bits per heavy atom. The van der Waals surface area contributed by atoms with Gasteiger partial charge in [-0.15, -0.1) is 15.3 Å². The zero-order valence-electron chi connectivity index (χ0n) is 40.7. The van der Waals surface area contributed by atoms with Gasteiger partial charge in [0.2, 0.25) is 0 Å². The number of anilines is 1. The number of carbonyl (C=O) groups is 3. The Bertz CT molecular complexity index is 3030. The number of nitrogens with zero attached hydrogens (tertiary/aromatic N) is 4. The summed E-state index contributed by atoms with van der Waals surface area (Å²) < 4.78 is 22.3. The van der Waals surface area contributed by atoms with E-state index in [0.29, 0.717) is 65.2 Å². The fraction of sp³-hybridized carbons (Fsp3) is 0.259. The van der Waals surface area contributed by atoms with Crippen molar-refractivity contribution in [3.05, 3.63) is 169 Å². The first-order valence-electron chi connectivity index (χ1n) is 23.5. The van der Waals surface area contributed by atoms with E-state index in [1.807, 2.05) is 113 Å². The lowest BCUT2D eigenvalue weighted by atomic mass is 9.69. The molecule has 0 fully saturated rings. The Morgan fingerprint density at radius 1 is 0.543 bits per heavy atom. The lowest BCUT2D eigenvalue weighted by Gasteiger charge is -2.36. The number of nitrogens with one attached hydrogen (secondary N) is 1. The van der Waals surface area contributed by atoms with Crippen LogP contribution in [0.1, 0.15) is 83.1 Å². The first-order valence-corrected chi connectivity index (χ1v) is 23.5. The fourth-order valence-electron chi connectivity index (χ4n) is 7.07. The molecule has 0 atom stereocenters. The minimum atomic E-state index is -0.668. The van der Waals surface area contributed by atoms with Crippen LogP contribution in [0, 0.1) is 10.8 Å². The molecule has 0 saturated carbocycles. The third kappa shape index (κ3) is 13.0. The average Bonchev–Trinajstić information content (AvgIpc) is 3.36. The first-order chi connectivity index (χ1) is 33.7. The van der Waals surface area contributed by atoms with Crippen molar-refractivity contribution < 1.29 is 33.3 Å². The highest BCUT2D eigenvalue weighted by atomic mass is 16.5. The molecular weight excluding hydrogens is 879 g/mol. The van der Waals surface area contributed by atoms with Gasteiger partial charge in [0.05, 0.1) is 46.9 Å². The number of fused-ring (bicyclic) bond motifs is 2. The fourth-order valence-corrected chi connectivity index (χ4v) is 7.07. The summed E-state index contributed by atoms with van der Waals surface area (Å²) in [5.74, 6) is 0.479. The van der Waals surface area contributed by atoms with Gasteiger partial charge in [0.25, 0.3) is 0 Å². The van der Waals surface area contributed by atoms with Crippen molar-refractivity contribution in [2.24, 2.45) is 31.3 Å². The molecule has 0 saturated heterocycles. The number of carbonyl (C=O) groups excluding carboxylic acids is 3. The molecule has 0 amide bonds. The smallest absolute Gasteiger partial charge is 0.343 e. The maximum Gasteiger partial charge on any atom is 0.343 e. The van der Waals surface area contributed by atoms with E-state index >= 15 is 0 Å². The summed E-state index contributed by atoms with van der Waals surface area (Å²) in [6, 6.07) is 45.0. The first kappa shape index (κ1) is 49.9. The largest absolute Gasteiger partial charge is 0.494 e. The Morgan fingerprint density at radius 3 is 1.63 bits per heavy atom. The third-order valence-electron chi connectivity index (χ3n) is 12.3. The normalized spacial score (nSPS) is 11.8. The van der Waals surface area contributed by atoms with E-state index in [4.69, 9.17) is 29.2 Å². The van der Waals surface area contributed by atoms with Gasteiger partial charge in [-0.25, -0.2) is 9.59 Å². The topological polar surface area (TPSA) is 150 Å². The van der Waals surface area contributed by atoms with Crippen LogP contribution in [0.2, 0.25) is 0 Å². The maximum atomic E-state index is 12.9. The lowest BCUT2D eigenvalue weighted by Crippen LogP contribution is -2.40. The standard InChI is InChI=1S/C58H59N5O7/c1-39(2)54(64)68-37-15-9-8-14-36-67-43-28-22-41(23-29-43)55(65)69-44-26-20-40(21-27-44)38-59-50-32-33-52(47-17-11-10-16-46(47)50)62-63-53-35-34-51(48-18-12-13-19-49(48)53)61-60-42-24-30-45(31-25-42)70-56(66)58(6,7)57(3,4)5/h10-13,16-35,59H,1,8-9,14-15,36-38H2,2-7H3/b61-60+,63-62+. The van der Waals surface area contributed by atoms with E-state index in [0.717, 1.165) is 64.2 Å². The molecule has 12 heteroatoms. The number of benzene rings is 7. The zero-order chi connectivity index (χ0) is 49.7. The molecule has 12 nitrogen and oxygen atoms in total. The zero-order valence-corrected chi connectivity index (χ0v) is 40.7. The quantitative estimate of drug-likeness (QED) is 0.0261. The van der Waals surface area contributed by atoms with Gasteiger partial charge in [-0.3, -0.25) is 4.79 Å². The minimum Gasteiger partial charge on any atom is -0.494 e. The van der Waals surface area contributed by atoms with Crippen LogP contribution in [0.15, 0.2) is 178 Å². The number of rotatable bonds is 20. The Kier molecular flexibility index (Phi) is 16.3. The molecule has 1 N–H and O–H groups in total. The van der Waals surface area contributed by atoms with Crippen molar-refractivity contribution in [3.63, 3.8) is 0 Å². The van der Waals surface area contributed by atoms with Crippen LogP contribution in [-0.2, 0) is 20.9 Å². The third-order valence-corrected chi connectivity index (χ3v) is 12.3. The molecule has 0 bridgehead atoms. The van der Waals surface area contributed by atoms with Gasteiger partial charge >= 0.3 is 17.9 Å². The van der Waals surface area contributed by atoms with Crippen LogP contribution in [-0.4, -0.2) is 31.1 Å². The maximum absolute atomic E-state index is 12.9. The molecule has 7 aromatic carbocycles. The molecule has 7 aromatic rings. The van der Waals surface area contributed by atoms with E-state index in [2.05, 4.69) is 28.2 Å². The molecule has 0 aromatic heterocycles. The second-order valence-electron chi connectivity index (χ2n) is 18.6. The van der Waals surface area contributed by atoms with Crippen LogP contribution in [0.25, 0.3) is 21.5 Å². The molecule has 70 heavy (non-hydrogen) atoms. The van der Waals surface area contributed by atoms with Gasteiger partial charge in [-0.05, 0) is 142 Å². The summed E-state index contributed by atoms with van der Waals surface area (Å²) >= 11 is 0. The van der Waals surface area contributed by atoms with Crippen LogP contribution in [0.5, 0.6) is 17.2 Å². The summed E-state index contributed by atoms with van der Waals surface area (Å²) in [4.78, 5) is 37.3. The average molecular weight is 938 g/mol. The number of esters is 3. The number of ether oxygens (including phenoxy) is 4. The molecule has 0 radical (unpaired) electrons. The van der Waals surface area contributed by atoms with Crippen molar-refractivity contribution in [1.82, 2.24) is 0 Å². The van der Waals surface area contributed by atoms with Crippen molar-refractivity contribution >= 4 is 67.9 Å². The highest BCUT2D eigenvalue weighted by molar-refractivity contribution is 6.02. The van der Waals surface area contributed by atoms with E-state index in [9.17, 15) is 14.4 Å². The van der Waals surface area contributed by atoms with Gasteiger partial charge in [0.15, 0.2) is 0 Å². The summed E-state index contributed by atoms with van der Waals surface area (Å²) in [6.45, 7) is 16.6. The Labute approximate surface area is 409 Å². The van der Waals surface area contributed by atoms with E-state index in [1.165, 1.54) is 0 Å². The number of hydrogen-bond donors (Lipinski definition) is 1. The van der Waals surface area contributed by atoms with Crippen molar-refractivity contribution in [3.8, 4) is 17.2 Å². The van der Waals surface area contributed by atoms with Gasteiger partial charge in [0, 0.05) is 39.4 Å². The second kappa shape index (κ2) is 22.9. The predicted molar refractivity (Wildman–Crippen MR) is 276 cm³/mol. The lowest BCUT2D eigenvalue weighted by molar-refractivity contribution is -0.150. The Hall–Kier alpha value is -7.99. The molecule has 0 heterocycles. The highest BCUT2D eigenvalue weighted by Crippen LogP contribution is 2.40. The van der Waals surface area contributed by atoms with Crippen molar-refractivity contribution in [2.45, 2.75) is 73.8 Å². The van der Waals surface area contributed by atoms with Crippen LogP contribution >= 0.6 is 0 Å². The van der Waals surface area contributed by atoms with E-state index < -0.39 is 11.4 Å². The predicted octanol–water partition coefficient (Wildman–Crippen LogP) is 15.7. The van der Waals surface area contributed by atoms with Crippen LogP contribution < -0.4 is 19.5 Å². The molecule has 0 aliphatic carbocycles. The molecule has 0 aliphatic rings. The van der Waals surface area contributed by atoms with Crippen molar-refractivity contribution in [1.29, 1.82) is 0 Å². The number of azo groups is 2. The second-order valence-corrected chi connectivity index (χ2v) is 18.6. The monoisotopic (exact) mass is 937 g/mol.